The van der Waals surface area contributed by atoms with Crippen molar-refractivity contribution in [2.75, 3.05) is 11.1 Å². The maximum Gasteiger partial charge on any atom is 0.433 e. The molecule has 0 amide bonds. The smallest absolute Gasteiger partial charge is 0.334 e. The van der Waals surface area contributed by atoms with Gasteiger partial charge in [0, 0.05) is 11.1 Å². The third kappa shape index (κ3) is 4.40. The van der Waals surface area contributed by atoms with Crippen molar-refractivity contribution >= 4 is 28.6 Å². The van der Waals surface area contributed by atoms with Crippen LogP contribution in [0.1, 0.15) is 42.1 Å². The first-order valence-electron chi connectivity index (χ1n) is 11.2. The van der Waals surface area contributed by atoms with Crippen molar-refractivity contribution in [3.8, 4) is 0 Å². The number of aromatic nitrogens is 3. The van der Waals surface area contributed by atoms with Gasteiger partial charge in [-0.3, -0.25) is 20.1 Å². The fourth-order valence-corrected chi connectivity index (χ4v) is 5.61. The zero-order valence-corrected chi connectivity index (χ0v) is 19.7. The number of thioether (sulfide) groups is 1. The van der Waals surface area contributed by atoms with Crippen molar-refractivity contribution in [1.82, 2.24) is 9.55 Å². The Morgan fingerprint density at radius 2 is 2.03 bits per heavy atom. The highest BCUT2D eigenvalue weighted by Gasteiger charge is 2.44. The lowest BCUT2D eigenvalue weighted by atomic mass is 10.2. The Morgan fingerprint density at radius 3 is 2.71 bits per heavy atom. The molecule has 182 valence electrons. The van der Waals surface area contributed by atoms with Crippen LogP contribution in [0.5, 0.6) is 0 Å². The van der Waals surface area contributed by atoms with Gasteiger partial charge in [-0.05, 0) is 43.0 Å². The van der Waals surface area contributed by atoms with Gasteiger partial charge in [0.2, 0.25) is 5.82 Å². The third-order valence-corrected chi connectivity index (χ3v) is 7.43. The lowest BCUT2D eigenvalue weighted by Gasteiger charge is -2.15. The molecule has 0 unspecified atom stereocenters. The summed E-state index contributed by atoms with van der Waals surface area (Å²) in [5, 5.41) is 3.84. The highest BCUT2D eigenvalue weighted by Crippen LogP contribution is 2.35. The number of aliphatic imine (C=N–C) groups is 1. The lowest BCUT2D eigenvalue weighted by molar-refractivity contribution is -0.688. The summed E-state index contributed by atoms with van der Waals surface area (Å²) in [6.45, 7) is 0.0505. The third-order valence-electron chi connectivity index (χ3n) is 6.40. The van der Waals surface area contributed by atoms with Gasteiger partial charge in [0.1, 0.15) is 22.3 Å². The topological polar surface area (TPSA) is 89.2 Å². The van der Waals surface area contributed by atoms with Crippen LogP contribution in [0, 0.1) is 0 Å². The summed E-state index contributed by atoms with van der Waals surface area (Å²) in [6.07, 6.45) is -0.302. The SMILES string of the molecule is Cn1c2[n+](c(N)c(C(=NCc3ccc(C(F)(F)F)nc3)Sc3ccccc3)c1=O)[C@H]1CCC[C@H]1N2. The Bertz CT molecular complexity index is 1340. The number of hydrogen-bond acceptors (Lipinski definition) is 6. The van der Waals surface area contributed by atoms with Crippen molar-refractivity contribution < 1.29 is 17.7 Å². The molecule has 1 fully saturated rings. The number of pyridine rings is 1. The van der Waals surface area contributed by atoms with Crippen LogP contribution < -0.4 is 21.2 Å². The van der Waals surface area contributed by atoms with E-state index in [2.05, 4.69) is 15.3 Å². The zero-order valence-electron chi connectivity index (χ0n) is 18.9. The predicted molar refractivity (Wildman–Crippen MR) is 128 cm³/mol. The number of alkyl halides is 3. The quantitative estimate of drug-likeness (QED) is 0.245. The van der Waals surface area contributed by atoms with Crippen LogP contribution >= 0.6 is 11.8 Å². The minimum absolute atomic E-state index is 0.0505. The van der Waals surface area contributed by atoms with Crippen LogP contribution in [0.25, 0.3) is 0 Å². The molecule has 1 aromatic carbocycles. The standard InChI is InChI=1S/C24H23F3N6OS/c1-32-22(34)19(20(28)33-17-9-5-8-16(17)31-23(32)33)21(35-15-6-3-2-4-7-15)30-13-14-10-11-18(29-12-14)24(25,26)27/h2-4,6-7,10-12,16-17H,5,8-9,13H2,1H3,(H2,28,30,34)/p+1/t16-,17+/m1/s1. The molecule has 5 rings (SSSR count). The van der Waals surface area contributed by atoms with Gasteiger partial charge in [-0.1, -0.05) is 36.0 Å². The monoisotopic (exact) mass is 501 g/mol. The molecule has 3 N–H and O–H groups in total. The highest BCUT2D eigenvalue weighted by molar-refractivity contribution is 8.14. The van der Waals surface area contributed by atoms with E-state index in [1.54, 1.807) is 11.6 Å². The first kappa shape index (κ1) is 23.4. The Morgan fingerprint density at radius 1 is 1.26 bits per heavy atom. The van der Waals surface area contributed by atoms with Crippen LogP contribution in [0.15, 0.2) is 63.3 Å². The van der Waals surface area contributed by atoms with Crippen LogP contribution in [-0.4, -0.2) is 20.6 Å². The molecule has 11 heteroatoms. The maximum atomic E-state index is 13.5. The van der Waals surface area contributed by atoms with Crippen LogP contribution in [-0.2, 0) is 19.8 Å². The van der Waals surface area contributed by atoms with E-state index in [1.807, 2.05) is 34.9 Å². The normalized spacial score (nSPS) is 19.4. The van der Waals surface area contributed by atoms with E-state index in [-0.39, 0.29) is 24.2 Å². The molecule has 0 saturated heterocycles. The summed E-state index contributed by atoms with van der Waals surface area (Å²) in [6, 6.07) is 12.1. The number of benzene rings is 1. The molecule has 0 spiro atoms. The zero-order chi connectivity index (χ0) is 24.7. The van der Waals surface area contributed by atoms with Gasteiger partial charge in [0.25, 0.3) is 0 Å². The molecule has 0 radical (unpaired) electrons. The number of nitrogens with zero attached hydrogens (tertiary/aromatic N) is 4. The highest BCUT2D eigenvalue weighted by atomic mass is 32.2. The average Bonchev–Trinajstić information content (AvgIpc) is 3.43. The fourth-order valence-electron chi connectivity index (χ4n) is 4.67. The second-order valence-corrected chi connectivity index (χ2v) is 9.72. The van der Waals surface area contributed by atoms with Crippen molar-refractivity contribution in [1.29, 1.82) is 0 Å². The summed E-state index contributed by atoms with van der Waals surface area (Å²) < 4.78 is 42.2. The predicted octanol–water partition coefficient (Wildman–Crippen LogP) is 3.93. The molecule has 3 aromatic rings. The first-order valence-corrected chi connectivity index (χ1v) is 12.1. The van der Waals surface area contributed by atoms with Gasteiger partial charge in [0.05, 0.1) is 19.6 Å². The Labute approximate surface area is 203 Å². The van der Waals surface area contributed by atoms with Gasteiger partial charge in [-0.25, -0.2) is 9.13 Å². The largest absolute Gasteiger partial charge is 0.433 e. The second kappa shape index (κ2) is 9.03. The number of nitrogens with one attached hydrogen (secondary N) is 1. The Balaban J connectivity index is 1.57. The van der Waals surface area contributed by atoms with Crippen molar-refractivity contribution in [3.63, 3.8) is 0 Å². The Hall–Kier alpha value is -3.34. The first-order chi connectivity index (χ1) is 16.7. The number of halogens is 3. The Kier molecular flexibility index (Phi) is 6.04. The van der Waals surface area contributed by atoms with E-state index in [9.17, 15) is 18.0 Å². The minimum atomic E-state index is -4.51. The molecular weight excluding hydrogens is 477 g/mol. The van der Waals surface area contributed by atoms with Crippen molar-refractivity contribution in [2.45, 2.75) is 49.0 Å². The van der Waals surface area contributed by atoms with E-state index in [4.69, 9.17) is 5.73 Å². The number of nitrogen functional groups attached to an aromatic ring is 1. The van der Waals surface area contributed by atoms with Crippen LogP contribution in [0.3, 0.4) is 0 Å². The summed E-state index contributed by atoms with van der Waals surface area (Å²) in [5.41, 5.74) is 6.17. The molecule has 2 aliphatic rings. The van der Waals surface area contributed by atoms with Gasteiger partial charge < -0.3 is 5.73 Å². The average molecular weight is 502 g/mol. The van der Waals surface area contributed by atoms with E-state index in [1.165, 1.54) is 17.8 Å². The molecule has 2 atom stereocenters. The lowest BCUT2D eigenvalue weighted by Crippen LogP contribution is -2.47. The molecule has 1 saturated carbocycles. The van der Waals surface area contributed by atoms with Crippen molar-refractivity contribution in [3.05, 3.63) is 75.8 Å². The fraction of sp³-hybridized carbons (Fsp3) is 0.333. The number of hydrogen-bond donors (Lipinski definition) is 2. The summed E-state index contributed by atoms with van der Waals surface area (Å²) in [7, 11) is 1.70. The molecule has 0 bridgehead atoms. The second-order valence-electron chi connectivity index (χ2n) is 8.65. The van der Waals surface area contributed by atoms with Crippen LogP contribution in [0.2, 0.25) is 0 Å². The molecule has 1 aliphatic carbocycles. The van der Waals surface area contributed by atoms with Gasteiger partial charge in [0.15, 0.2) is 0 Å². The summed E-state index contributed by atoms with van der Waals surface area (Å²) in [5.74, 6) is 1.03. The van der Waals surface area contributed by atoms with E-state index in [0.717, 1.165) is 36.4 Å². The van der Waals surface area contributed by atoms with Crippen LogP contribution in [0.4, 0.5) is 24.9 Å². The number of rotatable bonds is 4. The molecular formula is C24H24F3N6OS+. The number of fused-ring (bicyclic) bond motifs is 3. The van der Waals surface area contributed by atoms with Gasteiger partial charge in [-0.15, -0.1) is 0 Å². The minimum Gasteiger partial charge on any atom is -0.334 e. The summed E-state index contributed by atoms with van der Waals surface area (Å²) >= 11 is 1.30. The van der Waals surface area contributed by atoms with Crippen molar-refractivity contribution in [2.24, 2.45) is 12.0 Å². The van der Waals surface area contributed by atoms with E-state index >= 15 is 0 Å². The number of nitrogens with two attached hydrogens (primary N) is 1. The van der Waals surface area contributed by atoms with Gasteiger partial charge >= 0.3 is 17.7 Å². The van der Waals surface area contributed by atoms with Gasteiger partial charge in [-0.2, -0.15) is 13.2 Å². The maximum absolute atomic E-state index is 13.5. The van der Waals surface area contributed by atoms with E-state index < -0.39 is 11.9 Å². The number of anilines is 2. The molecule has 7 nitrogen and oxygen atoms in total. The summed E-state index contributed by atoms with van der Waals surface area (Å²) in [4.78, 5) is 22.5. The molecule has 2 aromatic heterocycles. The van der Waals surface area contributed by atoms with E-state index in [0.29, 0.717) is 27.9 Å². The molecule has 35 heavy (non-hydrogen) atoms. The molecule has 1 aliphatic heterocycles. The molecule has 3 heterocycles.